The molecule has 0 aliphatic rings. The first-order valence-corrected chi connectivity index (χ1v) is 8.22. The molecule has 1 unspecified atom stereocenters. The van der Waals surface area contributed by atoms with Gasteiger partial charge in [0, 0.05) is 18.5 Å². The van der Waals surface area contributed by atoms with Crippen molar-refractivity contribution in [2.45, 2.75) is 17.9 Å². The number of rotatable bonds is 6. The average Bonchev–Trinajstić information content (AvgIpc) is 2.55. The van der Waals surface area contributed by atoms with Gasteiger partial charge in [-0.05, 0) is 37.7 Å². The minimum Gasteiger partial charge on any atom is -0.373 e. The number of pyridine rings is 1. The zero-order valence-electron chi connectivity index (χ0n) is 12.6. The van der Waals surface area contributed by atoms with Gasteiger partial charge < -0.3 is 5.32 Å². The molecule has 8 nitrogen and oxygen atoms in total. The predicted molar refractivity (Wildman–Crippen MR) is 85.6 cm³/mol. The van der Waals surface area contributed by atoms with Crippen LogP contribution in [-0.2, 0) is 10.0 Å². The van der Waals surface area contributed by atoms with Crippen LogP contribution in [0.25, 0.3) is 0 Å². The molecule has 0 saturated carbocycles. The van der Waals surface area contributed by atoms with Gasteiger partial charge in [0.2, 0.25) is 10.0 Å². The van der Waals surface area contributed by atoms with Gasteiger partial charge in [0.1, 0.15) is 5.69 Å². The smallest absolute Gasteiger partial charge is 0.293 e. The summed E-state index contributed by atoms with van der Waals surface area (Å²) >= 11 is 0. The van der Waals surface area contributed by atoms with Crippen molar-refractivity contribution in [2.24, 2.45) is 0 Å². The van der Waals surface area contributed by atoms with E-state index in [0.717, 1.165) is 11.6 Å². The van der Waals surface area contributed by atoms with Gasteiger partial charge >= 0.3 is 0 Å². The lowest BCUT2D eigenvalue weighted by Crippen LogP contribution is -2.19. The maximum absolute atomic E-state index is 11.8. The van der Waals surface area contributed by atoms with Crippen LogP contribution in [0.2, 0.25) is 0 Å². The SMILES string of the molecule is CNS(=O)(=O)c1ccc(NC(C)c2cccnc2)c([N+](=O)[O-])c1. The number of nitrogens with zero attached hydrogens (tertiary/aromatic N) is 2. The van der Waals surface area contributed by atoms with Crippen LogP contribution >= 0.6 is 0 Å². The van der Waals surface area contributed by atoms with Crippen molar-refractivity contribution in [3.8, 4) is 0 Å². The Balaban J connectivity index is 2.37. The van der Waals surface area contributed by atoms with Gasteiger partial charge in [0.25, 0.3) is 5.69 Å². The van der Waals surface area contributed by atoms with Crippen molar-refractivity contribution < 1.29 is 13.3 Å². The molecule has 0 fully saturated rings. The number of nitro benzene ring substituents is 1. The van der Waals surface area contributed by atoms with Crippen LogP contribution in [-0.4, -0.2) is 25.4 Å². The first-order chi connectivity index (χ1) is 10.8. The molecule has 0 bridgehead atoms. The Labute approximate surface area is 133 Å². The molecule has 23 heavy (non-hydrogen) atoms. The van der Waals surface area contributed by atoms with E-state index in [-0.39, 0.29) is 22.3 Å². The van der Waals surface area contributed by atoms with Gasteiger partial charge in [-0.15, -0.1) is 0 Å². The Morgan fingerprint density at radius 3 is 2.61 bits per heavy atom. The molecule has 0 amide bonds. The summed E-state index contributed by atoms with van der Waals surface area (Å²) in [7, 11) is -2.50. The fourth-order valence-corrected chi connectivity index (χ4v) is 2.77. The van der Waals surface area contributed by atoms with E-state index in [1.54, 1.807) is 18.5 Å². The standard InChI is InChI=1S/C14H16N4O4S/c1-10(11-4-3-7-16-9-11)17-13-6-5-12(23(21,22)15-2)8-14(13)18(19)20/h3-10,15,17H,1-2H3. The molecule has 9 heteroatoms. The summed E-state index contributed by atoms with van der Waals surface area (Å²) in [4.78, 5) is 14.5. The number of sulfonamides is 1. The summed E-state index contributed by atoms with van der Waals surface area (Å²) < 4.78 is 25.7. The van der Waals surface area contributed by atoms with E-state index in [2.05, 4.69) is 15.0 Å². The Kier molecular flexibility index (Phi) is 4.92. The first kappa shape index (κ1) is 16.8. The summed E-state index contributed by atoms with van der Waals surface area (Å²) in [5.74, 6) is 0. The monoisotopic (exact) mass is 336 g/mol. The molecule has 0 aliphatic heterocycles. The number of hydrogen-bond donors (Lipinski definition) is 2. The number of hydrogen-bond acceptors (Lipinski definition) is 6. The predicted octanol–water partition coefficient (Wildman–Crippen LogP) is 2.07. The van der Waals surface area contributed by atoms with Gasteiger partial charge in [0.05, 0.1) is 15.9 Å². The molecule has 2 aromatic rings. The third-order valence-corrected chi connectivity index (χ3v) is 4.71. The zero-order chi connectivity index (χ0) is 17.0. The second kappa shape index (κ2) is 6.71. The van der Waals surface area contributed by atoms with Crippen molar-refractivity contribution in [3.05, 3.63) is 58.4 Å². The van der Waals surface area contributed by atoms with Crippen molar-refractivity contribution in [1.82, 2.24) is 9.71 Å². The number of aromatic nitrogens is 1. The van der Waals surface area contributed by atoms with E-state index in [1.165, 1.54) is 19.2 Å². The Morgan fingerprint density at radius 2 is 2.04 bits per heavy atom. The second-order valence-corrected chi connectivity index (χ2v) is 6.68. The van der Waals surface area contributed by atoms with Crippen LogP contribution in [0.3, 0.4) is 0 Å². The second-order valence-electron chi connectivity index (χ2n) is 4.80. The number of anilines is 1. The average molecular weight is 336 g/mol. The minimum atomic E-state index is -3.74. The Hall–Kier alpha value is -2.52. The van der Waals surface area contributed by atoms with E-state index in [9.17, 15) is 18.5 Å². The van der Waals surface area contributed by atoms with Crippen LogP contribution in [0.15, 0.2) is 47.6 Å². The lowest BCUT2D eigenvalue weighted by Gasteiger charge is -2.15. The highest BCUT2D eigenvalue weighted by atomic mass is 32.2. The molecular formula is C14H16N4O4S. The van der Waals surface area contributed by atoms with E-state index < -0.39 is 14.9 Å². The molecule has 1 aromatic heterocycles. The van der Waals surface area contributed by atoms with Gasteiger partial charge in [-0.1, -0.05) is 6.07 Å². The van der Waals surface area contributed by atoms with Crippen molar-refractivity contribution in [2.75, 3.05) is 12.4 Å². The van der Waals surface area contributed by atoms with E-state index in [1.807, 2.05) is 13.0 Å². The van der Waals surface area contributed by atoms with Crippen LogP contribution in [0, 0.1) is 10.1 Å². The number of nitrogens with one attached hydrogen (secondary N) is 2. The van der Waals surface area contributed by atoms with Gasteiger partial charge in [-0.25, -0.2) is 13.1 Å². The summed E-state index contributed by atoms with van der Waals surface area (Å²) in [6.45, 7) is 1.83. The number of benzene rings is 1. The fourth-order valence-electron chi connectivity index (χ4n) is 2.02. The van der Waals surface area contributed by atoms with Crippen molar-refractivity contribution in [1.29, 1.82) is 0 Å². The number of nitro groups is 1. The molecule has 1 heterocycles. The Morgan fingerprint density at radius 1 is 1.30 bits per heavy atom. The maximum atomic E-state index is 11.8. The molecule has 0 saturated heterocycles. The topological polar surface area (TPSA) is 114 Å². The van der Waals surface area contributed by atoms with Gasteiger partial charge in [0.15, 0.2) is 0 Å². The molecule has 2 rings (SSSR count). The highest BCUT2D eigenvalue weighted by molar-refractivity contribution is 7.89. The van der Waals surface area contributed by atoms with Gasteiger partial charge in [-0.3, -0.25) is 15.1 Å². The largest absolute Gasteiger partial charge is 0.373 e. The highest BCUT2D eigenvalue weighted by Crippen LogP contribution is 2.30. The van der Waals surface area contributed by atoms with Crippen LogP contribution in [0.5, 0.6) is 0 Å². The molecule has 1 aromatic carbocycles. The molecule has 0 radical (unpaired) electrons. The van der Waals surface area contributed by atoms with E-state index in [4.69, 9.17) is 0 Å². The summed E-state index contributed by atoms with van der Waals surface area (Å²) in [6, 6.07) is 7.12. The first-order valence-electron chi connectivity index (χ1n) is 6.73. The molecule has 1 atom stereocenters. The molecule has 0 spiro atoms. The molecular weight excluding hydrogens is 320 g/mol. The van der Waals surface area contributed by atoms with Crippen LogP contribution in [0.4, 0.5) is 11.4 Å². The summed E-state index contributed by atoms with van der Waals surface area (Å²) in [5, 5.41) is 14.3. The third kappa shape index (κ3) is 3.82. The highest BCUT2D eigenvalue weighted by Gasteiger charge is 2.21. The van der Waals surface area contributed by atoms with E-state index >= 15 is 0 Å². The van der Waals surface area contributed by atoms with Gasteiger partial charge in [-0.2, -0.15) is 0 Å². The lowest BCUT2D eigenvalue weighted by atomic mass is 10.1. The molecule has 122 valence electrons. The normalized spacial score (nSPS) is 12.6. The van der Waals surface area contributed by atoms with Crippen LogP contribution < -0.4 is 10.0 Å². The summed E-state index contributed by atoms with van der Waals surface area (Å²) in [5.41, 5.74) is 0.784. The molecule has 2 N–H and O–H groups in total. The maximum Gasteiger partial charge on any atom is 0.293 e. The van der Waals surface area contributed by atoms with Crippen LogP contribution in [0.1, 0.15) is 18.5 Å². The zero-order valence-corrected chi connectivity index (χ0v) is 13.4. The van der Waals surface area contributed by atoms with Crippen molar-refractivity contribution in [3.63, 3.8) is 0 Å². The minimum absolute atomic E-state index is 0.161. The molecule has 0 aliphatic carbocycles. The fraction of sp³-hybridized carbons (Fsp3) is 0.214. The quantitative estimate of drug-likeness (QED) is 0.616. The summed E-state index contributed by atoms with van der Waals surface area (Å²) in [6.07, 6.45) is 3.29. The third-order valence-electron chi connectivity index (χ3n) is 3.30. The lowest BCUT2D eigenvalue weighted by molar-refractivity contribution is -0.384. The Bertz CT molecular complexity index is 809. The van der Waals surface area contributed by atoms with Crippen molar-refractivity contribution >= 4 is 21.4 Å². The van der Waals surface area contributed by atoms with E-state index in [0.29, 0.717) is 0 Å².